The van der Waals surface area contributed by atoms with Crippen LogP contribution in [0.3, 0.4) is 0 Å². The Morgan fingerprint density at radius 2 is 2.06 bits per heavy atom. The summed E-state index contributed by atoms with van der Waals surface area (Å²) >= 11 is 0. The fourth-order valence-electron chi connectivity index (χ4n) is 5.03. The molecule has 0 radical (unpaired) electrons. The lowest BCUT2D eigenvalue weighted by molar-refractivity contribution is 0.0752. The number of carbonyl (C=O) groups is 1. The Hall–Kier alpha value is -3.35. The van der Waals surface area contributed by atoms with Crippen LogP contribution in [0.4, 0.5) is 5.82 Å². The largest absolute Gasteiger partial charge is 0.508 e. The fourth-order valence-corrected chi connectivity index (χ4v) is 5.03. The Labute approximate surface area is 187 Å². The zero-order chi connectivity index (χ0) is 22.4. The molecule has 0 spiro atoms. The first-order valence-electron chi connectivity index (χ1n) is 11.1. The van der Waals surface area contributed by atoms with Crippen molar-refractivity contribution in [2.24, 2.45) is 5.92 Å². The lowest BCUT2D eigenvalue weighted by Crippen LogP contribution is -2.35. The topological polar surface area (TPSA) is 78.8 Å². The van der Waals surface area contributed by atoms with Crippen LogP contribution in [-0.4, -0.2) is 46.1 Å². The molecule has 1 N–H and O–H groups in total. The quantitative estimate of drug-likeness (QED) is 0.673. The molecule has 2 aromatic carbocycles. The summed E-state index contributed by atoms with van der Waals surface area (Å²) in [4.78, 5) is 27.0. The van der Waals surface area contributed by atoms with Gasteiger partial charge >= 0.3 is 6.01 Å². The third kappa shape index (κ3) is 3.51. The summed E-state index contributed by atoms with van der Waals surface area (Å²) in [5.41, 5.74) is 3.35. The summed E-state index contributed by atoms with van der Waals surface area (Å²) in [6.07, 6.45) is 2.34. The summed E-state index contributed by atoms with van der Waals surface area (Å²) in [5, 5.41) is 12.0. The number of fused-ring (bicyclic) bond motifs is 2. The molecule has 0 aliphatic carbocycles. The molecule has 3 heterocycles. The Kier molecular flexibility index (Phi) is 5.12. The molecule has 1 saturated heterocycles. The van der Waals surface area contributed by atoms with Gasteiger partial charge in [0.25, 0.3) is 5.91 Å². The maximum atomic E-state index is 13.6. The maximum absolute atomic E-state index is 13.6. The van der Waals surface area contributed by atoms with Gasteiger partial charge in [0, 0.05) is 18.7 Å². The molecule has 2 aliphatic heterocycles. The summed E-state index contributed by atoms with van der Waals surface area (Å²) in [6, 6.07) is 9.45. The standard InChI is InChI=1S/C25H28N4O3/c1-15-6-5-9-28(12-15)23-20-13-29(14-21(20)26-25(27-23)32-3)24(31)19-11-18(30)10-17-8-4-7-16(2)22(17)19/h4,7-8,10-11,15,30H,5-6,9,12-14H2,1-3H3. The van der Waals surface area contributed by atoms with E-state index in [1.165, 1.54) is 6.42 Å². The van der Waals surface area contributed by atoms with Crippen LogP contribution in [0.2, 0.25) is 0 Å². The number of phenols is 1. The maximum Gasteiger partial charge on any atom is 0.318 e. The first-order chi connectivity index (χ1) is 15.4. The van der Waals surface area contributed by atoms with E-state index in [1.807, 2.05) is 25.1 Å². The number of aromatic hydroxyl groups is 1. The Morgan fingerprint density at radius 3 is 2.84 bits per heavy atom. The van der Waals surface area contributed by atoms with E-state index in [2.05, 4.69) is 21.8 Å². The highest BCUT2D eigenvalue weighted by Crippen LogP contribution is 2.35. The zero-order valence-corrected chi connectivity index (χ0v) is 18.8. The number of rotatable bonds is 3. The van der Waals surface area contributed by atoms with Crippen molar-refractivity contribution in [2.75, 3.05) is 25.1 Å². The minimum Gasteiger partial charge on any atom is -0.508 e. The van der Waals surface area contributed by atoms with E-state index >= 15 is 0 Å². The summed E-state index contributed by atoms with van der Waals surface area (Å²) in [6.45, 7) is 6.98. The zero-order valence-electron chi connectivity index (χ0n) is 18.8. The van der Waals surface area contributed by atoms with E-state index in [-0.39, 0.29) is 11.7 Å². The van der Waals surface area contributed by atoms with E-state index < -0.39 is 0 Å². The van der Waals surface area contributed by atoms with Crippen LogP contribution in [0.15, 0.2) is 30.3 Å². The van der Waals surface area contributed by atoms with Crippen molar-refractivity contribution in [1.82, 2.24) is 14.9 Å². The van der Waals surface area contributed by atoms with Gasteiger partial charge in [0.2, 0.25) is 0 Å². The molecule has 1 unspecified atom stereocenters. The van der Waals surface area contributed by atoms with Gasteiger partial charge in [-0.05, 0) is 54.2 Å². The first-order valence-corrected chi connectivity index (χ1v) is 11.1. The molecule has 2 aliphatic rings. The fraction of sp³-hybridized carbons (Fsp3) is 0.400. The molecular weight excluding hydrogens is 404 g/mol. The van der Waals surface area contributed by atoms with Crippen LogP contribution in [0.1, 0.15) is 46.9 Å². The van der Waals surface area contributed by atoms with Crippen molar-refractivity contribution in [3.8, 4) is 11.8 Å². The van der Waals surface area contributed by atoms with Gasteiger partial charge in [-0.2, -0.15) is 9.97 Å². The smallest absolute Gasteiger partial charge is 0.318 e. The Balaban J connectivity index is 1.52. The minimum atomic E-state index is -0.116. The normalized spacial score (nSPS) is 18.2. The van der Waals surface area contributed by atoms with Gasteiger partial charge in [-0.1, -0.05) is 25.1 Å². The predicted octanol–water partition coefficient (Wildman–Crippen LogP) is 4.04. The second-order valence-electron chi connectivity index (χ2n) is 8.98. The van der Waals surface area contributed by atoms with E-state index in [0.29, 0.717) is 30.6 Å². The van der Waals surface area contributed by atoms with Crippen LogP contribution in [0, 0.1) is 12.8 Å². The molecule has 3 aromatic rings. The number of ether oxygens (including phenoxy) is 1. The predicted molar refractivity (Wildman–Crippen MR) is 123 cm³/mol. The number of anilines is 1. The summed E-state index contributed by atoms with van der Waals surface area (Å²) < 4.78 is 5.38. The van der Waals surface area contributed by atoms with E-state index in [4.69, 9.17) is 4.74 Å². The van der Waals surface area contributed by atoms with E-state index in [9.17, 15) is 9.90 Å². The third-order valence-electron chi connectivity index (χ3n) is 6.57. The van der Waals surface area contributed by atoms with Crippen molar-refractivity contribution < 1.29 is 14.6 Å². The van der Waals surface area contributed by atoms with Crippen molar-refractivity contribution in [3.63, 3.8) is 0 Å². The van der Waals surface area contributed by atoms with Crippen LogP contribution in [0.25, 0.3) is 10.8 Å². The van der Waals surface area contributed by atoms with E-state index in [1.54, 1.807) is 24.1 Å². The number of amides is 1. The van der Waals surface area contributed by atoms with Gasteiger partial charge in [-0.25, -0.2) is 0 Å². The van der Waals surface area contributed by atoms with Crippen molar-refractivity contribution in [2.45, 2.75) is 39.8 Å². The lowest BCUT2D eigenvalue weighted by Gasteiger charge is -2.33. The van der Waals surface area contributed by atoms with Crippen LogP contribution >= 0.6 is 0 Å². The molecule has 32 heavy (non-hydrogen) atoms. The molecule has 1 fully saturated rings. The molecule has 1 aromatic heterocycles. The number of piperidine rings is 1. The SMILES string of the molecule is COc1nc2c(c(N3CCCC(C)C3)n1)CN(C(=O)c1cc(O)cc3cccc(C)c13)C2. The third-order valence-corrected chi connectivity index (χ3v) is 6.57. The molecule has 5 rings (SSSR count). The first kappa shape index (κ1) is 20.5. The highest BCUT2D eigenvalue weighted by atomic mass is 16.5. The highest BCUT2D eigenvalue weighted by Gasteiger charge is 2.33. The number of hydrogen-bond donors (Lipinski definition) is 1. The highest BCUT2D eigenvalue weighted by molar-refractivity contribution is 6.09. The van der Waals surface area contributed by atoms with Crippen LogP contribution in [0.5, 0.6) is 11.8 Å². The van der Waals surface area contributed by atoms with Gasteiger partial charge in [0.1, 0.15) is 11.6 Å². The van der Waals surface area contributed by atoms with Gasteiger partial charge in [0.15, 0.2) is 0 Å². The molecule has 0 saturated carbocycles. The number of aromatic nitrogens is 2. The number of nitrogens with zero attached hydrogens (tertiary/aromatic N) is 4. The lowest BCUT2D eigenvalue weighted by atomic mass is 9.98. The number of methoxy groups -OCH3 is 1. The number of carbonyl (C=O) groups excluding carboxylic acids is 1. The molecule has 1 atom stereocenters. The number of hydrogen-bond acceptors (Lipinski definition) is 6. The van der Waals surface area contributed by atoms with Crippen LogP contribution in [-0.2, 0) is 13.1 Å². The van der Waals surface area contributed by atoms with Crippen molar-refractivity contribution in [3.05, 3.63) is 52.7 Å². The van der Waals surface area contributed by atoms with Crippen molar-refractivity contribution in [1.29, 1.82) is 0 Å². The second-order valence-corrected chi connectivity index (χ2v) is 8.98. The summed E-state index contributed by atoms with van der Waals surface area (Å²) in [5.74, 6) is 1.45. The van der Waals surface area contributed by atoms with E-state index in [0.717, 1.165) is 52.9 Å². The van der Waals surface area contributed by atoms with Gasteiger partial charge in [-0.3, -0.25) is 4.79 Å². The molecule has 166 valence electrons. The molecule has 0 bridgehead atoms. The van der Waals surface area contributed by atoms with Gasteiger partial charge in [-0.15, -0.1) is 0 Å². The molecule has 7 heteroatoms. The number of aryl methyl sites for hydroxylation is 1. The minimum absolute atomic E-state index is 0.0904. The van der Waals surface area contributed by atoms with Crippen LogP contribution < -0.4 is 9.64 Å². The Morgan fingerprint density at radius 1 is 1.22 bits per heavy atom. The molecule has 1 amide bonds. The molecule has 7 nitrogen and oxygen atoms in total. The summed E-state index contributed by atoms with van der Waals surface area (Å²) in [7, 11) is 1.57. The van der Waals surface area contributed by atoms with Gasteiger partial charge in [0.05, 0.1) is 31.5 Å². The molecular formula is C25H28N4O3. The number of benzene rings is 2. The van der Waals surface area contributed by atoms with Gasteiger partial charge < -0.3 is 19.6 Å². The Bertz CT molecular complexity index is 1210. The monoisotopic (exact) mass is 432 g/mol. The number of phenolic OH excluding ortho intramolecular Hbond substituents is 1. The average Bonchev–Trinajstić information content (AvgIpc) is 3.21. The second kappa shape index (κ2) is 7.97. The van der Waals surface area contributed by atoms with Crippen molar-refractivity contribution >= 4 is 22.5 Å². The average molecular weight is 433 g/mol.